The highest BCUT2D eigenvalue weighted by Crippen LogP contribution is 2.39. The summed E-state index contributed by atoms with van der Waals surface area (Å²) in [6.07, 6.45) is 1.77. The number of carbonyl (C=O) groups is 2. The Balaban J connectivity index is 2.85. The van der Waals surface area contributed by atoms with Gasteiger partial charge in [-0.3, -0.25) is 0 Å². The zero-order chi connectivity index (χ0) is 14.2. The lowest BCUT2D eigenvalue weighted by atomic mass is 10.1. The Morgan fingerprint density at radius 3 is 1.94 bits per heavy atom. The van der Waals surface area contributed by atoms with Crippen LogP contribution in [-0.2, 0) is 14.3 Å². The van der Waals surface area contributed by atoms with Crippen LogP contribution in [0.25, 0.3) is 0 Å². The van der Waals surface area contributed by atoms with Crippen molar-refractivity contribution in [2.45, 2.75) is 50.1 Å². The van der Waals surface area contributed by atoms with Gasteiger partial charge in [0.2, 0.25) is 0 Å². The van der Waals surface area contributed by atoms with Crippen LogP contribution in [0.5, 0.6) is 0 Å². The first-order valence-corrected chi connectivity index (χ1v) is 5.23. The molecule has 0 radical (unpaired) electrons. The van der Waals surface area contributed by atoms with E-state index in [9.17, 15) is 32.3 Å². The van der Waals surface area contributed by atoms with Gasteiger partial charge in [-0.1, -0.05) is 0 Å². The summed E-state index contributed by atoms with van der Waals surface area (Å²) < 4.78 is 55.7. The van der Waals surface area contributed by atoms with E-state index in [2.05, 4.69) is 4.74 Å². The maximum Gasteiger partial charge on any atom is 0.410 e. The molecule has 8 heteroatoms. The molecule has 18 heavy (non-hydrogen) atoms. The molecule has 104 valence electrons. The summed E-state index contributed by atoms with van der Waals surface area (Å²) in [7, 11) is 0. The topological polar surface area (TPSA) is 66.4 Å². The molecule has 0 aliphatic heterocycles. The maximum absolute atomic E-state index is 13.0. The van der Waals surface area contributed by atoms with Crippen molar-refractivity contribution >= 4 is 11.9 Å². The summed E-state index contributed by atoms with van der Waals surface area (Å²) in [6, 6.07) is 0. The highest BCUT2D eigenvalue weighted by Gasteiger charge is 2.65. The molecule has 0 amide bonds. The zero-order valence-corrected chi connectivity index (χ0v) is 9.47. The molecular formula is C10H11F4O4-. The number of carboxylic acids is 1. The van der Waals surface area contributed by atoms with Gasteiger partial charge >= 0.3 is 17.8 Å². The standard InChI is InChI=1S/C10H12F4O4/c1-8(4-2-3-5-8)18-7(17)10(13,14)9(11,12)6(15)16/h2-5H2,1H3,(H,15,16)/p-1. The lowest BCUT2D eigenvalue weighted by Gasteiger charge is -2.30. The van der Waals surface area contributed by atoms with Crippen molar-refractivity contribution in [1.82, 2.24) is 0 Å². The van der Waals surface area contributed by atoms with E-state index in [1.54, 1.807) is 0 Å². The first-order valence-electron chi connectivity index (χ1n) is 5.23. The predicted octanol–water partition coefficient (Wildman–Crippen LogP) is 0.883. The van der Waals surface area contributed by atoms with Gasteiger partial charge in [0, 0.05) is 0 Å². The van der Waals surface area contributed by atoms with Gasteiger partial charge in [0.15, 0.2) is 0 Å². The number of hydrogen-bond donors (Lipinski definition) is 0. The second-order valence-corrected chi connectivity index (χ2v) is 4.48. The van der Waals surface area contributed by atoms with Crippen LogP contribution in [-0.4, -0.2) is 29.4 Å². The van der Waals surface area contributed by atoms with E-state index in [-0.39, 0.29) is 12.8 Å². The van der Waals surface area contributed by atoms with Gasteiger partial charge in [-0.05, 0) is 32.6 Å². The molecule has 0 atom stereocenters. The lowest BCUT2D eigenvalue weighted by molar-refractivity contribution is -0.347. The number of ether oxygens (including phenoxy) is 1. The normalized spacial score (nSPS) is 19.6. The van der Waals surface area contributed by atoms with E-state index in [1.807, 2.05) is 0 Å². The number of halogens is 4. The Morgan fingerprint density at radius 2 is 1.56 bits per heavy atom. The van der Waals surface area contributed by atoms with Crippen LogP contribution in [0.2, 0.25) is 0 Å². The molecule has 4 nitrogen and oxygen atoms in total. The molecule has 0 bridgehead atoms. The van der Waals surface area contributed by atoms with Crippen LogP contribution in [0.3, 0.4) is 0 Å². The Labute approximate surface area is 99.9 Å². The molecule has 0 unspecified atom stereocenters. The van der Waals surface area contributed by atoms with Gasteiger partial charge < -0.3 is 14.6 Å². The molecule has 1 rings (SSSR count). The molecule has 0 aromatic heterocycles. The predicted molar refractivity (Wildman–Crippen MR) is 47.9 cm³/mol. The smallest absolute Gasteiger partial charge is 0.410 e. The Morgan fingerprint density at radius 1 is 1.11 bits per heavy atom. The Kier molecular flexibility index (Phi) is 3.60. The largest absolute Gasteiger partial charge is 0.544 e. The highest BCUT2D eigenvalue weighted by molar-refractivity contribution is 5.88. The summed E-state index contributed by atoms with van der Waals surface area (Å²) in [5, 5.41) is 9.94. The first kappa shape index (κ1) is 14.7. The minimum absolute atomic E-state index is 0.270. The number of carboxylic acid groups (broad SMARTS) is 1. The monoisotopic (exact) mass is 271 g/mol. The third-order valence-corrected chi connectivity index (χ3v) is 2.91. The van der Waals surface area contributed by atoms with Crippen molar-refractivity contribution in [1.29, 1.82) is 0 Å². The van der Waals surface area contributed by atoms with Crippen LogP contribution >= 0.6 is 0 Å². The second kappa shape index (κ2) is 4.40. The van der Waals surface area contributed by atoms with Crippen LogP contribution in [0.4, 0.5) is 17.6 Å². The Bertz CT molecular complexity index is 361. The Hall–Kier alpha value is -1.34. The molecule has 0 N–H and O–H groups in total. The van der Waals surface area contributed by atoms with E-state index in [4.69, 9.17) is 0 Å². The molecule has 0 spiro atoms. The molecule has 1 aliphatic rings. The van der Waals surface area contributed by atoms with E-state index < -0.39 is 29.4 Å². The van der Waals surface area contributed by atoms with E-state index in [0.29, 0.717) is 12.8 Å². The average Bonchev–Trinajstić information content (AvgIpc) is 2.64. The van der Waals surface area contributed by atoms with Crippen molar-refractivity contribution in [3.8, 4) is 0 Å². The molecule has 0 saturated heterocycles. The molecular weight excluding hydrogens is 260 g/mol. The SMILES string of the molecule is CC1(OC(=O)C(F)(F)C(F)(F)C(=O)[O-])CCCC1. The molecule has 0 heterocycles. The molecule has 0 aromatic carbocycles. The van der Waals surface area contributed by atoms with Crippen molar-refractivity contribution in [2.24, 2.45) is 0 Å². The minimum atomic E-state index is -5.60. The second-order valence-electron chi connectivity index (χ2n) is 4.48. The van der Waals surface area contributed by atoms with Crippen LogP contribution in [0.1, 0.15) is 32.6 Å². The summed E-state index contributed by atoms with van der Waals surface area (Å²) in [6.45, 7) is 1.34. The fourth-order valence-electron chi connectivity index (χ4n) is 1.77. The third kappa shape index (κ3) is 2.41. The maximum atomic E-state index is 13.0. The zero-order valence-electron chi connectivity index (χ0n) is 9.47. The lowest BCUT2D eigenvalue weighted by Crippen LogP contribution is -2.58. The van der Waals surface area contributed by atoms with Crippen molar-refractivity contribution < 1.29 is 37.0 Å². The van der Waals surface area contributed by atoms with Gasteiger partial charge in [0.25, 0.3) is 0 Å². The number of hydrogen-bond acceptors (Lipinski definition) is 4. The van der Waals surface area contributed by atoms with E-state index in [0.717, 1.165) is 0 Å². The number of alkyl halides is 4. The van der Waals surface area contributed by atoms with Gasteiger partial charge in [-0.25, -0.2) is 4.79 Å². The molecule has 1 aliphatic carbocycles. The number of esters is 1. The fourth-order valence-corrected chi connectivity index (χ4v) is 1.77. The van der Waals surface area contributed by atoms with Crippen molar-refractivity contribution in [3.05, 3.63) is 0 Å². The summed E-state index contributed by atoms with van der Waals surface area (Å²) in [5.41, 5.74) is -1.25. The average molecular weight is 271 g/mol. The van der Waals surface area contributed by atoms with Gasteiger partial charge in [-0.15, -0.1) is 0 Å². The highest BCUT2D eigenvalue weighted by atomic mass is 19.3. The van der Waals surface area contributed by atoms with Crippen LogP contribution in [0, 0.1) is 0 Å². The quantitative estimate of drug-likeness (QED) is 0.562. The van der Waals surface area contributed by atoms with Crippen molar-refractivity contribution in [3.63, 3.8) is 0 Å². The van der Waals surface area contributed by atoms with Crippen LogP contribution in [0.15, 0.2) is 0 Å². The fraction of sp³-hybridized carbons (Fsp3) is 0.800. The minimum Gasteiger partial charge on any atom is -0.544 e. The van der Waals surface area contributed by atoms with E-state index in [1.165, 1.54) is 6.92 Å². The number of carbonyl (C=O) groups excluding carboxylic acids is 2. The molecule has 1 saturated carbocycles. The van der Waals surface area contributed by atoms with Crippen molar-refractivity contribution in [2.75, 3.05) is 0 Å². The summed E-state index contributed by atoms with van der Waals surface area (Å²) in [4.78, 5) is 21.0. The van der Waals surface area contributed by atoms with Crippen LogP contribution < -0.4 is 5.11 Å². The van der Waals surface area contributed by atoms with E-state index >= 15 is 0 Å². The first-order chi connectivity index (χ1) is 8.03. The van der Waals surface area contributed by atoms with Gasteiger partial charge in [-0.2, -0.15) is 17.6 Å². The molecule has 1 fully saturated rings. The third-order valence-electron chi connectivity index (χ3n) is 2.91. The van der Waals surface area contributed by atoms with Gasteiger partial charge in [0.05, 0.1) is 0 Å². The number of aliphatic carboxylic acids is 1. The van der Waals surface area contributed by atoms with Gasteiger partial charge in [0.1, 0.15) is 11.6 Å². The summed E-state index contributed by atoms with van der Waals surface area (Å²) >= 11 is 0. The molecule has 0 aromatic rings. The summed E-state index contributed by atoms with van der Waals surface area (Å²) in [5.74, 6) is -16.9. The number of rotatable bonds is 4.